The van der Waals surface area contributed by atoms with Crippen molar-refractivity contribution >= 4 is 40.6 Å². The van der Waals surface area contributed by atoms with E-state index in [1.165, 1.54) is 6.33 Å². The molecule has 1 aromatic carbocycles. The average Bonchev–Trinajstić information content (AvgIpc) is 2.67. The van der Waals surface area contributed by atoms with Gasteiger partial charge in [0.2, 0.25) is 11.6 Å². The highest BCUT2D eigenvalue weighted by Crippen LogP contribution is 2.38. The molecule has 27 heavy (non-hydrogen) atoms. The number of nitrogens with zero attached hydrogens (tertiary/aromatic N) is 5. The van der Waals surface area contributed by atoms with E-state index in [-0.39, 0.29) is 17.3 Å². The molecule has 1 aromatic heterocycles. The Balaban J connectivity index is 1.95. The first-order valence-electron chi connectivity index (χ1n) is 8.35. The van der Waals surface area contributed by atoms with Crippen molar-refractivity contribution in [3.05, 3.63) is 45.7 Å². The number of aliphatic carboxylic acids is 1. The summed E-state index contributed by atoms with van der Waals surface area (Å²) in [6.45, 7) is 0.776. The number of carboxylic acid groups (broad SMARTS) is 1. The van der Waals surface area contributed by atoms with Crippen LogP contribution in [-0.4, -0.2) is 46.1 Å². The molecule has 0 aliphatic carbocycles. The van der Waals surface area contributed by atoms with Crippen molar-refractivity contribution < 1.29 is 14.8 Å². The monoisotopic (exact) mass is 391 g/mol. The Bertz CT molecular complexity index is 853. The van der Waals surface area contributed by atoms with Gasteiger partial charge in [0, 0.05) is 30.8 Å². The van der Waals surface area contributed by atoms with E-state index in [9.17, 15) is 14.9 Å². The van der Waals surface area contributed by atoms with E-state index >= 15 is 0 Å². The van der Waals surface area contributed by atoms with Crippen LogP contribution in [0.1, 0.15) is 12.8 Å². The van der Waals surface area contributed by atoms with Crippen LogP contribution in [0.3, 0.4) is 0 Å². The molecule has 1 saturated heterocycles. The summed E-state index contributed by atoms with van der Waals surface area (Å²) in [5.74, 6) is -0.907. The molecule has 0 radical (unpaired) electrons. The fourth-order valence-electron chi connectivity index (χ4n) is 3.13. The predicted molar refractivity (Wildman–Crippen MR) is 101 cm³/mol. The summed E-state index contributed by atoms with van der Waals surface area (Å²) in [5.41, 5.74) is 0.487. The van der Waals surface area contributed by atoms with Crippen LogP contribution in [0.15, 0.2) is 30.6 Å². The fraction of sp³-hybridized carbons (Fsp3) is 0.353. The first-order chi connectivity index (χ1) is 12.9. The molecule has 0 amide bonds. The van der Waals surface area contributed by atoms with Crippen molar-refractivity contribution in [2.75, 3.05) is 29.9 Å². The molecule has 142 valence electrons. The molecule has 2 aromatic rings. The Labute approximate surface area is 160 Å². The lowest BCUT2D eigenvalue weighted by atomic mass is 9.97. The third kappa shape index (κ3) is 3.92. The molecule has 3 rings (SSSR count). The summed E-state index contributed by atoms with van der Waals surface area (Å²) in [6.07, 6.45) is 2.12. The van der Waals surface area contributed by atoms with Gasteiger partial charge in [-0.05, 0) is 37.1 Å². The van der Waals surface area contributed by atoms with Gasteiger partial charge in [-0.3, -0.25) is 14.9 Å². The van der Waals surface area contributed by atoms with Gasteiger partial charge in [-0.15, -0.1) is 0 Å². The zero-order valence-electron chi connectivity index (χ0n) is 14.6. The van der Waals surface area contributed by atoms with E-state index in [1.54, 1.807) is 41.1 Å². The van der Waals surface area contributed by atoms with E-state index < -0.39 is 16.8 Å². The van der Waals surface area contributed by atoms with E-state index in [0.29, 0.717) is 36.6 Å². The molecule has 2 heterocycles. The van der Waals surface area contributed by atoms with Gasteiger partial charge in [-0.25, -0.2) is 9.97 Å². The minimum atomic E-state index is -0.838. The number of carbonyl (C=O) groups is 1. The molecule has 0 atom stereocenters. The van der Waals surface area contributed by atoms with Crippen molar-refractivity contribution in [2.45, 2.75) is 12.8 Å². The van der Waals surface area contributed by atoms with E-state index in [4.69, 9.17) is 16.7 Å². The fourth-order valence-corrected chi connectivity index (χ4v) is 3.25. The second-order valence-electron chi connectivity index (χ2n) is 6.26. The number of aromatic nitrogens is 2. The molecule has 1 aliphatic rings. The Kier molecular flexibility index (Phi) is 5.41. The number of hydrogen-bond acceptors (Lipinski definition) is 7. The molecular formula is C17H18ClN5O4. The topological polar surface area (TPSA) is 113 Å². The van der Waals surface area contributed by atoms with Crippen LogP contribution in [-0.2, 0) is 4.79 Å². The van der Waals surface area contributed by atoms with Crippen molar-refractivity contribution in [2.24, 2.45) is 5.92 Å². The second kappa shape index (κ2) is 7.75. The number of carboxylic acids is 1. The van der Waals surface area contributed by atoms with Crippen molar-refractivity contribution in [3.8, 4) is 0 Å². The summed E-state index contributed by atoms with van der Waals surface area (Å²) >= 11 is 5.90. The number of piperidine rings is 1. The SMILES string of the molecule is CN(c1ccc(Cl)cc1)c1ncnc(N2CCC(C(=O)O)CC2)c1[N+](=O)[O-]. The molecule has 1 aliphatic heterocycles. The molecule has 1 fully saturated rings. The van der Waals surface area contributed by atoms with Crippen molar-refractivity contribution in [1.29, 1.82) is 0 Å². The number of benzene rings is 1. The third-order valence-corrected chi connectivity index (χ3v) is 4.89. The molecule has 10 heteroatoms. The van der Waals surface area contributed by atoms with E-state index in [1.807, 2.05) is 0 Å². The van der Waals surface area contributed by atoms with Crippen LogP contribution in [0.5, 0.6) is 0 Å². The maximum absolute atomic E-state index is 11.8. The maximum atomic E-state index is 11.8. The van der Waals surface area contributed by atoms with Gasteiger partial charge < -0.3 is 14.9 Å². The van der Waals surface area contributed by atoms with Gasteiger partial charge in [0.25, 0.3) is 0 Å². The molecule has 0 bridgehead atoms. The standard InChI is InChI=1S/C17H18ClN5O4/c1-21(13-4-2-12(18)3-5-13)15-14(23(26)27)16(20-10-19-15)22-8-6-11(7-9-22)17(24)25/h2-5,10-11H,6-9H2,1H3,(H,24,25). The molecule has 0 unspecified atom stereocenters. The number of hydrogen-bond donors (Lipinski definition) is 1. The maximum Gasteiger partial charge on any atom is 0.353 e. The Morgan fingerprint density at radius 3 is 2.48 bits per heavy atom. The third-order valence-electron chi connectivity index (χ3n) is 4.64. The lowest BCUT2D eigenvalue weighted by molar-refractivity contribution is -0.383. The second-order valence-corrected chi connectivity index (χ2v) is 6.70. The lowest BCUT2D eigenvalue weighted by Crippen LogP contribution is -2.37. The highest BCUT2D eigenvalue weighted by Gasteiger charge is 2.32. The van der Waals surface area contributed by atoms with Crippen LogP contribution in [0, 0.1) is 16.0 Å². The van der Waals surface area contributed by atoms with Crippen LogP contribution in [0.25, 0.3) is 0 Å². The highest BCUT2D eigenvalue weighted by molar-refractivity contribution is 6.30. The van der Waals surface area contributed by atoms with Gasteiger partial charge in [-0.2, -0.15) is 0 Å². The van der Waals surface area contributed by atoms with Crippen LogP contribution < -0.4 is 9.80 Å². The Morgan fingerprint density at radius 1 is 1.30 bits per heavy atom. The number of rotatable bonds is 5. The molecule has 1 N–H and O–H groups in total. The summed E-state index contributed by atoms with van der Waals surface area (Å²) < 4.78 is 0. The largest absolute Gasteiger partial charge is 0.481 e. The van der Waals surface area contributed by atoms with Crippen molar-refractivity contribution in [1.82, 2.24) is 9.97 Å². The summed E-state index contributed by atoms with van der Waals surface area (Å²) in [4.78, 5) is 34.0. The number of halogens is 1. The normalized spacial score (nSPS) is 14.8. The molecular weight excluding hydrogens is 374 g/mol. The minimum Gasteiger partial charge on any atom is -0.481 e. The number of nitro groups is 1. The minimum absolute atomic E-state index is 0.160. The van der Waals surface area contributed by atoms with E-state index in [0.717, 1.165) is 0 Å². The van der Waals surface area contributed by atoms with Crippen LogP contribution >= 0.6 is 11.6 Å². The number of anilines is 3. The summed E-state index contributed by atoms with van der Waals surface area (Å²) in [6, 6.07) is 6.87. The Morgan fingerprint density at radius 2 is 1.93 bits per heavy atom. The summed E-state index contributed by atoms with van der Waals surface area (Å²) in [7, 11) is 1.68. The zero-order valence-corrected chi connectivity index (χ0v) is 15.3. The molecule has 0 saturated carbocycles. The van der Waals surface area contributed by atoms with Crippen LogP contribution in [0.4, 0.5) is 23.0 Å². The Hall–Kier alpha value is -2.94. The predicted octanol–water partition coefficient (Wildman–Crippen LogP) is 3.11. The van der Waals surface area contributed by atoms with Gasteiger partial charge >= 0.3 is 11.7 Å². The zero-order chi connectivity index (χ0) is 19.6. The van der Waals surface area contributed by atoms with Gasteiger partial charge in [-0.1, -0.05) is 11.6 Å². The average molecular weight is 392 g/mol. The molecule has 9 nitrogen and oxygen atoms in total. The quantitative estimate of drug-likeness (QED) is 0.611. The summed E-state index contributed by atoms with van der Waals surface area (Å²) in [5, 5.41) is 21.5. The molecule has 0 spiro atoms. The van der Waals surface area contributed by atoms with Gasteiger partial charge in [0.15, 0.2) is 0 Å². The first-order valence-corrected chi connectivity index (χ1v) is 8.72. The first kappa shape index (κ1) is 18.8. The van der Waals surface area contributed by atoms with Crippen LogP contribution in [0.2, 0.25) is 5.02 Å². The lowest BCUT2D eigenvalue weighted by Gasteiger charge is -2.31. The van der Waals surface area contributed by atoms with E-state index in [2.05, 4.69) is 9.97 Å². The van der Waals surface area contributed by atoms with Gasteiger partial charge in [0.1, 0.15) is 6.33 Å². The van der Waals surface area contributed by atoms with Crippen molar-refractivity contribution in [3.63, 3.8) is 0 Å². The highest BCUT2D eigenvalue weighted by atomic mass is 35.5. The van der Waals surface area contributed by atoms with Gasteiger partial charge in [0.05, 0.1) is 10.8 Å². The smallest absolute Gasteiger partial charge is 0.353 e.